The molecule has 1 saturated heterocycles. The first-order valence-corrected chi connectivity index (χ1v) is 8.72. The minimum atomic E-state index is -0.160. The lowest BCUT2D eigenvalue weighted by Gasteiger charge is -2.39. The molecule has 1 unspecified atom stereocenters. The highest BCUT2D eigenvalue weighted by molar-refractivity contribution is 6.30. The summed E-state index contributed by atoms with van der Waals surface area (Å²) >= 11 is 5.96. The zero-order valence-electron chi connectivity index (χ0n) is 13.4. The number of nitrogens with zero attached hydrogens (tertiary/aromatic N) is 3. The van der Waals surface area contributed by atoms with Gasteiger partial charge < -0.3 is 14.2 Å². The maximum atomic E-state index is 13.2. The third-order valence-corrected chi connectivity index (χ3v) is 5.21. The number of hydrogen-bond acceptors (Lipinski definition) is 3. The molecule has 1 fully saturated rings. The quantitative estimate of drug-likeness (QED) is 0.859. The summed E-state index contributed by atoms with van der Waals surface area (Å²) in [4.78, 5) is 19.4. The fourth-order valence-corrected chi connectivity index (χ4v) is 3.81. The van der Waals surface area contributed by atoms with Crippen LogP contribution in [0, 0.1) is 5.92 Å². The third kappa shape index (κ3) is 2.94. The van der Waals surface area contributed by atoms with Gasteiger partial charge in [0.05, 0.1) is 18.6 Å². The first-order valence-electron chi connectivity index (χ1n) is 8.34. The first kappa shape index (κ1) is 15.7. The summed E-state index contributed by atoms with van der Waals surface area (Å²) in [5, 5.41) is 0.710. The van der Waals surface area contributed by atoms with E-state index in [0.717, 1.165) is 37.3 Å². The molecular formula is C18H20ClN3O2. The molecule has 1 amide bonds. The minimum absolute atomic E-state index is 0.160. The molecule has 1 aromatic carbocycles. The minimum Gasteiger partial charge on any atom is -0.381 e. The second kappa shape index (κ2) is 6.57. The lowest BCUT2D eigenvalue weighted by atomic mass is 9.89. The van der Waals surface area contributed by atoms with Crippen LogP contribution in [0.25, 0.3) is 0 Å². The summed E-state index contributed by atoms with van der Waals surface area (Å²) in [5.41, 5.74) is 2.19. The highest BCUT2D eigenvalue weighted by Gasteiger charge is 2.38. The van der Waals surface area contributed by atoms with Crippen molar-refractivity contribution < 1.29 is 9.53 Å². The maximum absolute atomic E-state index is 13.2. The molecule has 2 aromatic rings. The summed E-state index contributed by atoms with van der Waals surface area (Å²) in [6.07, 6.45) is 5.51. The Morgan fingerprint density at radius 2 is 1.96 bits per heavy atom. The van der Waals surface area contributed by atoms with Crippen LogP contribution in [0.2, 0.25) is 5.02 Å². The molecule has 3 heterocycles. The Balaban J connectivity index is 1.60. The van der Waals surface area contributed by atoms with Gasteiger partial charge in [-0.25, -0.2) is 4.98 Å². The average Bonchev–Trinajstić information content (AvgIpc) is 3.06. The second-order valence-corrected chi connectivity index (χ2v) is 6.94. The second-order valence-electron chi connectivity index (χ2n) is 6.51. The van der Waals surface area contributed by atoms with Crippen LogP contribution < -0.4 is 0 Å². The van der Waals surface area contributed by atoms with E-state index in [2.05, 4.69) is 9.55 Å². The number of halogens is 1. The molecule has 0 spiro atoms. The number of imidazole rings is 1. The van der Waals surface area contributed by atoms with Crippen LogP contribution in [-0.2, 0) is 22.6 Å². The van der Waals surface area contributed by atoms with Crippen molar-refractivity contribution in [2.45, 2.75) is 32.0 Å². The van der Waals surface area contributed by atoms with E-state index in [1.165, 1.54) is 0 Å². The van der Waals surface area contributed by atoms with Crippen LogP contribution in [0.1, 0.15) is 30.1 Å². The van der Waals surface area contributed by atoms with Crippen LogP contribution in [0.4, 0.5) is 0 Å². The molecule has 6 heteroatoms. The van der Waals surface area contributed by atoms with Gasteiger partial charge in [-0.2, -0.15) is 0 Å². The molecule has 24 heavy (non-hydrogen) atoms. The summed E-state index contributed by atoms with van der Waals surface area (Å²) < 4.78 is 7.53. The van der Waals surface area contributed by atoms with Gasteiger partial charge in [0.15, 0.2) is 0 Å². The van der Waals surface area contributed by atoms with Gasteiger partial charge >= 0.3 is 0 Å². The number of hydrogen-bond donors (Lipinski definition) is 0. The fraction of sp³-hybridized carbons (Fsp3) is 0.444. The molecule has 2 aliphatic rings. The molecule has 126 valence electrons. The molecule has 0 saturated carbocycles. The Morgan fingerprint density at radius 3 is 2.71 bits per heavy atom. The predicted octanol–water partition coefficient (Wildman–Crippen LogP) is 3.05. The molecule has 0 N–H and O–H groups in total. The first-order chi connectivity index (χ1) is 11.7. The predicted molar refractivity (Wildman–Crippen MR) is 90.5 cm³/mol. The van der Waals surface area contributed by atoms with E-state index in [0.29, 0.717) is 24.0 Å². The topological polar surface area (TPSA) is 47.4 Å². The largest absolute Gasteiger partial charge is 0.381 e. The molecule has 1 aromatic heterocycles. The van der Waals surface area contributed by atoms with Gasteiger partial charge in [-0.15, -0.1) is 0 Å². The smallest absolute Gasteiger partial charge is 0.246 e. The van der Waals surface area contributed by atoms with Gasteiger partial charge in [-0.05, 0) is 36.5 Å². The van der Waals surface area contributed by atoms with E-state index >= 15 is 0 Å². The molecule has 4 rings (SSSR count). The number of carbonyl (C=O) groups excluding carboxylic acids is 1. The number of amides is 1. The Labute approximate surface area is 146 Å². The third-order valence-electron chi connectivity index (χ3n) is 4.96. The van der Waals surface area contributed by atoms with Crippen molar-refractivity contribution in [1.82, 2.24) is 14.5 Å². The summed E-state index contributed by atoms with van der Waals surface area (Å²) in [5.74, 6) is 0.495. The molecule has 5 nitrogen and oxygen atoms in total. The Kier molecular flexibility index (Phi) is 4.29. The van der Waals surface area contributed by atoms with E-state index in [9.17, 15) is 4.79 Å². The van der Waals surface area contributed by atoms with E-state index in [4.69, 9.17) is 16.3 Å². The maximum Gasteiger partial charge on any atom is 0.246 e. The number of aromatic nitrogens is 2. The summed E-state index contributed by atoms with van der Waals surface area (Å²) in [7, 11) is 0. The lowest BCUT2D eigenvalue weighted by molar-refractivity contribution is -0.141. The number of benzene rings is 1. The number of fused-ring (bicyclic) bond motifs is 1. The van der Waals surface area contributed by atoms with Gasteiger partial charge in [-0.3, -0.25) is 4.79 Å². The summed E-state index contributed by atoms with van der Waals surface area (Å²) in [6, 6.07) is 7.53. The van der Waals surface area contributed by atoms with Gasteiger partial charge in [0.1, 0.15) is 6.04 Å². The molecule has 0 bridgehead atoms. The zero-order chi connectivity index (χ0) is 16.5. The van der Waals surface area contributed by atoms with Crippen LogP contribution >= 0.6 is 11.6 Å². The highest BCUT2D eigenvalue weighted by atomic mass is 35.5. The molecular weight excluding hydrogens is 326 g/mol. The van der Waals surface area contributed by atoms with Crippen molar-refractivity contribution in [3.63, 3.8) is 0 Å². The molecule has 0 radical (unpaired) electrons. The van der Waals surface area contributed by atoms with Crippen molar-refractivity contribution in [1.29, 1.82) is 0 Å². The van der Waals surface area contributed by atoms with E-state index in [1.807, 2.05) is 35.4 Å². The van der Waals surface area contributed by atoms with E-state index in [-0.39, 0.29) is 11.9 Å². The van der Waals surface area contributed by atoms with E-state index in [1.54, 1.807) is 6.33 Å². The Morgan fingerprint density at radius 1 is 1.21 bits per heavy atom. The number of carbonyl (C=O) groups is 1. The molecule has 0 aliphatic carbocycles. The van der Waals surface area contributed by atoms with Gasteiger partial charge in [0.2, 0.25) is 5.91 Å². The number of ether oxygens (including phenoxy) is 1. The van der Waals surface area contributed by atoms with Crippen molar-refractivity contribution in [2.24, 2.45) is 5.92 Å². The van der Waals surface area contributed by atoms with Gasteiger partial charge in [0, 0.05) is 31.0 Å². The highest BCUT2D eigenvalue weighted by Crippen LogP contribution is 2.34. The van der Waals surface area contributed by atoms with Crippen molar-refractivity contribution >= 4 is 17.5 Å². The zero-order valence-corrected chi connectivity index (χ0v) is 14.2. The standard InChI is InChI=1S/C18H20ClN3O2/c19-15-3-1-13(2-4-15)10-21-11-16-9-20-12-22(16)17(18(21)23)14-5-7-24-8-6-14/h1-4,9,12,14,17H,5-8,10-11H2. The van der Waals surface area contributed by atoms with Crippen molar-refractivity contribution in [2.75, 3.05) is 13.2 Å². The average molecular weight is 346 g/mol. The monoisotopic (exact) mass is 345 g/mol. The van der Waals surface area contributed by atoms with Gasteiger partial charge in [0.25, 0.3) is 0 Å². The van der Waals surface area contributed by atoms with Crippen molar-refractivity contribution in [3.05, 3.63) is 53.1 Å². The SMILES string of the molecule is O=C1C(C2CCOCC2)n2cncc2CN1Cc1ccc(Cl)cc1. The Hall–Kier alpha value is -1.85. The molecule has 2 aliphatic heterocycles. The van der Waals surface area contributed by atoms with Crippen LogP contribution in [0.15, 0.2) is 36.8 Å². The Bertz CT molecular complexity index is 722. The van der Waals surface area contributed by atoms with E-state index < -0.39 is 0 Å². The van der Waals surface area contributed by atoms with Crippen LogP contribution in [0.5, 0.6) is 0 Å². The fourth-order valence-electron chi connectivity index (χ4n) is 3.69. The van der Waals surface area contributed by atoms with Crippen LogP contribution in [0.3, 0.4) is 0 Å². The lowest BCUT2D eigenvalue weighted by Crippen LogP contribution is -2.45. The van der Waals surface area contributed by atoms with Crippen molar-refractivity contribution in [3.8, 4) is 0 Å². The molecule has 1 atom stereocenters. The van der Waals surface area contributed by atoms with Crippen LogP contribution in [-0.4, -0.2) is 33.6 Å². The number of rotatable bonds is 3. The van der Waals surface area contributed by atoms with Gasteiger partial charge in [-0.1, -0.05) is 23.7 Å². The summed E-state index contributed by atoms with van der Waals surface area (Å²) in [6.45, 7) is 2.66. The normalized spacial score (nSPS) is 21.8.